The van der Waals surface area contributed by atoms with Gasteiger partial charge in [0.2, 0.25) is 0 Å². The second-order valence-corrected chi connectivity index (χ2v) is 6.56. The summed E-state index contributed by atoms with van der Waals surface area (Å²) in [4.78, 5) is 12.3. The molecule has 3 rings (SSSR count). The molecule has 1 unspecified atom stereocenters. The molecular weight excluding hydrogens is 356 g/mol. The van der Waals surface area contributed by atoms with Gasteiger partial charge in [-0.15, -0.1) is 0 Å². The van der Waals surface area contributed by atoms with Crippen molar-refractivity contribution in [2.24, 2.45) is 5.92 Å². The molecule has 27 heavy (non-hydrogen) atoms. The van der Waals surface area contributed by atoms with Gasteiger partial charge in [0.25, 0.3) is 5.91 Å². The predicted molar refractivity (Wildman–Crippen MR) is 95.0 cm³/mol. The van der Waals surface area contributed by atoms with Crippen molar-refractivity contribution in [3.05, 3.63) is 53.6 Å². The van der Waals surface area contributed by atoms with Crippen LogP contribution in [0.2, 0.25) is 0 Å². The molecular formula is C20H21F2NO4. The molecule has 0 spiro atoms. The fraction of sp³-hybridized carbons (Fsp3) is 0.350. The number of rotatable bonds is 6. The first kappa shape index (κ1) is 18.9. The van der Waals surface area contributed by atoms with E-state index in [4.69, 9.17) is 14.2 Å². The zero-order valence-electron chi connectivity index (χ0n) is 15.1. The highest BCUT2D eigenvalue weighted by Crippen LogP contribution is 2.34. The number of amides is 1. The maximum Gasteiger partial charge on any atom is 0.258 e. The SMILES string of the molecule is CC(C)C(NC(=O)COc1ccc(F)cc1F)c1ccc2c(c1)OCCO2. The lowest BCUT2D eigenvalue weighted by Crippen LogP contribution is -2.35. The lowest BCUT2D eigenvalue weighted by molar-refractivity contribution is -0.124. The van der Waals surface area contributed by atoms with E-state index in [2.05, 4.69) is 5.32 Å². The monoisotopic (exact) mass is 377 g/mol. The van der Waals surface area contributed by atoms with Gasteiger partial charge < -0.3 is 19.5 Å². The molecule has 2 aromatic carbocycles. The molecule has 0 aliphatic carbocycles. The van der Waals surface area contributed by atoms with Crippen LogP contribution in [0.5, 0.6) is 17.2 Å². The van der Waals surface area contributed by atoms with Crippen molar-refractivity contribution in [1.29, 1.82) is 0 Å². The summed E-state index contributed by atoms with van der Waals surface area (Å²) in [7, 11) is 0. The zero-order chi connectivity index (χ0) is 19.4. The number of ether oxygens (including phenoxy) is 3. The molecule has 7 heteroatoms. The van der Waals surface area contributed by atoms with Gasteiger partial charge in [-0.1, -0.05) is 19.9 Å². The van der Waals surface area contributed by atoms with E-state index in [9.17, 15) is 13.6 Å². The van der Waals surface area contributed by atoms with Gasteiger partial charge in [-0.3, -0.25) is 4.79 Å². The van der Waals surface area contributed by atoms with E-state index in [1.54, 1.807) is 0 Å². The van der Waals surface area contributed by atoms with Crippen LogP contribution in [0, 0.1) is 17.6 Å². The maximum absolute atomic E-state index is 13.6. The topological polar surface area (TPSA) is 56.8 Å². The number of fused-ring (bicyclic) bond motifs is 1. The Hall–Kier alpha value is -2.83. The maximum atomic E-state index is 13.6. The van der Waals surface area contributed by atoms with Crippen molar-refractivity contribution in [2.45, 2.75) is 19.9 Å². The first-order valence-electron chi connectivity index (χ1n) is 8.71. The third kappa shape index (κ3) is 4.67. The molecule has 1 N–H and O–H groups in total. The third-order valence-electron chi connectivity index (χ3n) is 4.16. The summed E-state index contributed by atoms with van der Waals surface area (Å²) >= 11 is 0. The molecule has 0 aromatic heterocycles. The van der Waals surface area contributed by atoms with E-state index in [1.165, 1.54) is 0 Å². The third-order valence-corrected chi connectivity index (χ3v) is 4.16. The number of hydrogen-bond donors (Lipinski definition) is 1. The first-order valence-corrected chi connectivity index (χ1v) is 8.71. The summed E-state index contributed by atoms with van der Waals surface area (Å²) in [5, 5.41) is 2.88. The van der Waals surface area contributed by atoms with Crippen LogP contribution < -0.4 is 19.5 Å². The second-order valence-electron chi connectivity index (χ2n) is 6.56. The summed E-state index contributed by atoms with van der Waals surface area (Å²) < 4.78 is 42.8. The Kier molecular flexibility index (Phi) is 5.78. The standard InChI is InChI=1S/C20H21F2NO4/c1-12(2)20(13-3-5-17-18(9-13)26-8-7-25-17)23-19(24)11-27-16-6-4-14(21)10-15(16)22/h3-6,9-10,12,20H,7-8,11H2,1-2H3,(H,23,24). The lowest BCUT2D eigenvalue weighted by Gasteiger charge is -2.25. The first-order chi connectivity index (χ1) is 12.9. The Labute approximate surface area is 156 Å². The largest absolute Gasteiger partial charge is 0.486 e. The van der Waals surface area contributed by atoms with E-state index in [0.717, 1.165) is 17.7 Å². The molecule has 1 amide bonds. The molecule has 0 fully saturated rings. The van der Waals surface area contributed by atoms with E-state index < -0.39 is 17.5 Å². The number of carbonyl (C=O) groups is 1. The molecule has 0 bridgehead atoms. The van der Waals surface area contributed by atoms with Crippen molar-refractivity contribution >= 4 is 5.91 Å². The van der Waals surface area contributed by atoms with E-state index in [-0.39, 0.29) is 24.3 Å². The smallest absolute Gasteiger partial charge is 0.258 e. The fourth-order valence-corrected chi connectivity index (χ4v) is 2.84. The minimum Gasteiger partial charge on any atom is -0.486 e. The van der Waals surface area contributed by atoms with Crippen LogP contribution in [0.15, 0.2) is 36.4 Å². The highest BCUT2D eigenvalue weighted by Gasteiger charge is 2.22. The summed E-state index contributed by atoms with van der Waals surface area (Å²) in [6, 6.07) is 8.18. The molecule has 0 radical (unpaired) electrons. The van der Waals surface area contributed by atoms with Crippen molar-refractivity contribution in [1.82, 2.24) is 5.32 Å². The minimum absolute atomic E-state index is 0.0964. The van der Waals surface area contributed by atoms with Crippen LogP contribution in [0.25, 0.3) is 0 Å². The number of hydrogen-bond acceptors (Lipinski definition) is 4. The van der Waals surface area contributed by atoms with E-state index in [1.807, 2.05) is 32.0 Å². The Bertz CT molecular complexity index is 826. The van der Waals surface area contributed by atoms with Crippen LogP contribution in [-0.2, 0) is 4.79 Å². The van der Waals surface area contributed by atoms with Crippen LogP contribution in [0.3, 0.4) is 0 Å². The highest BCUT2D eigenvalue weighted by molar-refractivity contribution is 5.78. The molecule has 1 aliphatic heterocycles. The second kappa shape index (κ2) is 8.24. The number of nitrogens with one attached hydrogen (secondary N) is 1. The summed E-state index contributed by atoms with van der Waals surface area (Å²) in [5.74, 6) is -0.728. The van der Waals surface area contributed by atoms with Gasteiger partial charge in [0.05, 0.1) is 6.04 Å². The normalized spacial score (nSPS) is 14.0. The Morgan fingerprint density at radius 2 is 1.85 bits per heavy atom. The fourth-order valence-electron chi connectivity index (χ4n) is 2.84. The number of halogens is 2. The average molecular weight is 377 g/mol. The van der Waals surface area contributed by atoms with Gasteiger partial charge in [-0.2, -0.15) is 0 Å². The quantitative estimate of drug-likeness (QED) is 0.835. The lowest BCUT2D eigenvalue weighted by atomic mass is 9.95. The molecule has 0 saturated heterocycles. The molecule has 5 nitrogen and oxygen atoms in total. The van der Waals surface area contributed by atoms with Crippen molar-refractivity contribution in [3.63, 3.8) is 0 Å². The Balaban J connectivity index is 1.66. The van der Waals surface area contributed by atoms with Crippen LogP contribution in [0.4, 0.5) is 8.78 Å². The molecule has 2 aromatic rings. The summed E-state index contributed by atoms with van der Waals surface area (Å²) in [6.45, 7) is 4.56. The number of carbonyl (C=O) groups excluding carboxylic acids is 1. The van der Waals surface area contributed by atoms with Crippen LogP contribution in [-0.4, -0.2) is 25.7 Å². The van der Waals surface area contributed by atoms with Gasteiger partial charge in [-0.05, 0) is 35.7 Å². The van der Waals surface area contributed by atoms with Crippen molar-refractivity contribution < 1.29 is 27.8 Å². The van der Waals surface area contributed by atoms with Gasteiger partial charge in [0.1, 0.15) is 19.0 Å². The van der Waals surface area contributed by atoms with Gasteiger partial charge >= 0.3 is 0 Å². The zero-order valence-corrected chi connectivity index (χ0v) is 15.1. The van der Waals surface area contributed by atoms with Crippen molar-refractivity contribution in [3.8, 4) is 17.2 Å². The van der Waals surface area contributed by atoms with Crippen LogP contribution in [0.1, 0.15) is 25.5 Å². The van der Waals surface area contributed by atoms with Gasteiger partial charge in [0.15, 0.2) is 29.7 Å². The molecule has 1 atom stereocenters. The highest BCUT2D eigenvalue weighted by atomic mass is 19.1. The molecule has 144 valence electrons. The molecule has 0 saturated carbocycles. The molecule has 1 aliphatic rings. The average Bonchev–Trinajstić information content (AvgIpc) is 2.65. The summed E-state index contributed by atoms with van der Waals surface area (Å²) in [5.41, 5.74) is 0.871. The van der Waals surface area contributed by atoms with E-state index >= 15 is 0 Å². The number of benzene rings is 2. The summed E-state index contributed by atoms with van der Waals surface area (Å²) in [6.07, 6.45) is 0. The Morgan fingerprint density at radius 3 is 2.56 bits per heavy atom. The van der Waals surface area contributed by atoms with Gasteiger partial charge in [-0.25, -0.2) is 8.78 Å². The minimum atomic E-state index is -0.852. The van der Waals surface area contributed by atoms with Gasteiger partial charge in [0, 0.05) is 6.07 Å². The van der Waals surface area contributed by atoms with Crippen LogP contribution >= 0.6 is 0 Å². The Morgan fingerprint density at radius 1 is 1.11 bits per heavy atom. The molecule has 1 heterocycles. The van der Waals surface area contributed by atoms with Crippen molar-refractivity contribution in [2.75, 3.05) is 19.8 Å². The predicted octanol–water partition coefficient (Wildman–Crippen LogP) is 3.63. The van der Waals surface area contributed by atoms with E-state index in [0.29, 0.717) is 30.8 Å².